The minimum Gasteiger partial charge on any atom is -0.361 e. The molecule has 2 fully saturated rings. The zero-order valence-corrected chi connectivity index (χ0v) is 17.3. The second-order valence-corrected chi connectivity index (χ2v) is 7.87. The lowest BCUT2D eigenvalue weighted by atomic mass is 9.95. The molecule has 0 spiro atoms. The molecule has 0 unspecified atom stereocenters. The number of rotatable bonds is 3. The van der Waals surface area contributed by atoms with Gasteiger partial charge in [0.25, 0.3) is 11.8 Å². The van der Waals surface area contributed by atoms with Crippen LogP contribution in [0.25, 0.3) is 0 Å². The smallest absolute Gasteiger partial charge is 0.277 e. The Morgan fingerprint density at radius 3 is 2.23 bits per heavy atom. The van der Waals surface area contributed by atoms with E-state index in [9.17, 15) is 14.4 Å². The number of likely N-dealkylation sites (tertiary alicyclic amines) is 1. The van der Waals surface area contributed by atoms with Crippen molar-refractivity contribution < 1.29 is 18.9 Å². The van der Waals surface area contributed by atoms with Gasteiger partial charge in [0.2, 0.25) is 5.91 Å². The molecular formula is C22H26N4O4. The fourth-order valence-electron chi connectivity index (χ4n) is 4.27. The molecule has 2 aromatic rings. The summed E-state index contributed by atoms with van der Waals surface area (Å²) in [5, 5.41) is 6.96. The third kappa shape index (κ3) is 3.69. The molecular weight excluding hydrogens is 384 g/mol. The van der Waals surface area contributed by atoms with Crippen LogP contribution in [0, 0.1) is 19.8 Å². The van der Waals surface area contributed by atoms with Crippen LogP contribution in [-0.4, -0.2) is 64.0 Å². The first-order valence-electron chi connectivity index (χ1n) is 10.4. The van der Waals surface area contributed by atoms with E-state index in [0.29, 0.717) is 61.6 Å². The van der Waals surface area contributed by atoms with Crippen molar-refractivity contribution in [3.05, 3.63) is 52.9 Å². The standard InChI is InChI=1S/C22H26N4O4/c1-15-19(16(2)30-23-15)22(29)26-12-6-11-25(26)21(28)18-9-13-24(14-10-18)20(27)17-7-4-3-5-8-17/h3-5,7-8,18H,6,9-14H2,1-2H3. The topological polar surface area (TPSA) is 87.0 Å². The molecule has 3 amide bonds. The van der Waals surface area contributed by atoms with Crippen LogP contribution in [0.5, 0.6) is 0 Å². The summed E-state index contributed by atoms with van der Waals surface area (Å²) in [6.45, 7) is 5.53. The number of benzene rings is 1. The highest BCUT2D eigenvalue weighted by Crippen LogP contribution is 2.26. The molecule has 0 saturated carbocycles. The van der Waals surface area contributed by atoms with Crippen molar-refractivity contribution in [2.45, 2.75) is 33.1 Å². The Bertz CT molecular complexity index is 928. The van der Waals surface area contributed by atoms with Crippen LogP contribution in [0.2, 0.25) is 0 Å². The highest BCUT2D eigenvalue weighted by atomic mass is 16.5. The van der Waals surface area contributed by atoms with Gasteiger partial charge in [-0.1, -0.05) is 23.4 Å². The molecule has 8 nitrogen and oxygen atoms in total. The second kappa shape index (κ2) is 8.30. The molecule has 2 saturated heterocycles. The number of amides is 3. The van der Waals surface area contributed by atoms with Gasteiger partial charge in [-0.2, -0.15) is 0 Å². The first-order chi connectivity index (χ1) is 14.5. The van der Waals surface area contributed by atoms with Gasteiger partial charge in [-0.05, 0) is 45.2 Å². The third-order valence-corrected chi connectivity index (χ3v) is 5.92. The Morgan fingerprint density at radius 2 is 1.60 bits per heavy atom. The van der Waals surface area contributed by atoms with Gasteiger partial charge in [-0.25, -0.2) is 5.01 Å². The molecule has 8 heteroatoms. The summed E-state index contributed by atoms with van der Waals surface area (Å²) < 4.78 is 5.12. The lowest BCUT2D eigenvalue weighted by Gasteiger charge is -2.35. The number of carbonyl (C=O) groups is 3. The lowest BCUT2D eigenvalue weighted by molar-refractivity contribution is -0.146. The number of carbonyl (C=O) groups excluding carboxylic acids is 3. The average Bonchev–Trinajstić information content (AvgIpc) is 3.40. The molecule has 0 atom stereocenters. The van der Waals surface area contributed by atoms with Crippen LogP contribution >= 0.6 is 0 Å². The Balaban J connectivity index is 1.40. The fourth-order valence-corrected chi connectivity index (χ4v) is 4.27. The highest BCUT2D eigenvalue weighted by molar-refractivity contribution is 5.97. The van der Waals surface area contributed by atoms with E-state index in [1.165, 1.54) is 5.01 Å². The average molecular weight is 410 g/mol. The maximum absolute atomic E-state index is 13.2. The maximum Gasteiger partial charge on any atom is 0.277 e. The zero-order valence-electron chi connectivity index (χ0n) is 17.3. The monoisotopic (exact) mass is 410 g/mol. The van der Waals surface area contributed by atoms with Crippen LogP contribution in [0.4, 0.5) is 0 Å². The van der Waals surface area contributed by atoms with E-state index in [-0.39, 0.29) is 23.6 Å². The number of aromatic nitrogens is 1. The van der Waals surface area contributed by atoms with Crippen molar-refractivity contribution in [2.24, 2.45) is 5.92 Å². The molecule has 30 heavy (non-hydrogen) atoms. The molecule has 0 radical (unpaired) electrons. The number of piperidine rings is 1. The van der Waals surface area contributed by atoms with Gasteiger partial charge in [0.15, 0.2) is 0 Å². The van der Waals surface area contributed by atoms with E-state index in [4.69, 9.17) is 4.52 Å². The van der Waals surface area contributed by atoms with E-state index in [1.54, 1.807) is 23.8 Å². The first-order valence-corrected chi connectivity index (χ1v) is 10.4. The maximum atomic E-state index is 13.2. The van der Waals surface area contributed by atoms with Crippen molar-refractivity contribution >= 4 is 17.7 Å². The molecule has 2 aliphatic heterocycles. The van der Waals surface area contributed by atoms with Crippen LogP contribution in [0.3, 0.4) is 0 Å². The summed E-state index contributed by atoms with van der Waals surface area (Å²) in [4.78, 5) is 40.6. The third-order valence-electron chi connectivity index (χ3n) is 5.92. The number of nitrogens with zero attached hydrogens (tertiary/aromatic N) is 4. The zero-order chi connectivity index (χ0) is 21.3. The van der Waals surface area contributed by atoms with Crippen LogP contribution in [0.1, 0.15) is 51.4 Å². The number of hydrogen-bond acceptors (Lipinski definition) is 5. The number of aryl methyl sites for hydroxylation is 2. The summed E-state index contributed by atoms with van der Waals surface area (Å²) in [5.74, 6) is -0.0153. The quantitative estimate of drug-likeness (QED) is 0.776. The number of hydrazine groups is 1. The van der Waals surface area contributed by atoms with E-state index >= 15 is 0 Å². The van der Waals surface area contributed by atoms with Crippen molar-refractivity contribution in [3.63, 3.8) is 0 Å². The van der Waals surface area contributed by atoms with Crippen molar-refractivity contribution in [3.8, 4) is 0 Å². The Hall–Kier alpha value is -3.16. The minimum absolute atomic E-state index is 0.00196. The lowest BCUT2D eigenvalue weighted by Crippen LogP contribution is -2.50. The van der Waals surface area contributed by atoms with E-state index in [2.05, 4.69) is 5.16 Å². The Labute approximate surface area is 175 Å². The summed E-state index contributed by atoms with van der Waals surface area (Å²) in [7, 11) is 0. The van der Waals surface area contributed by atoms with E-state index in [1.807, 2.05) is 30.3 Å². The molecule has 1 aromatic carbocycles. The summed E-state index contributed by atoms with van der Waals surface area (Å²) in [5.41, 5.74) is 1.63. The molecule has 0 N–H and O–H groups in total. The van der Waals surface area contributed by atoms with E-state index < -0.39 is 0 Å². The molecule has 0 bridgehead atoms. The van der Waals surface area contributed by atoms with Crippen molar-refractivity contribution in [1.82, 2.24) is 20.1 Å². The van der Waals surface area contributed by atoms with Gasteiger partial charge in [0, 0.05) is 37.7 Å². The Morgan fingerprint density at radius 1 is 0.933 bits per heavy atom. The van der Waals surface area contributed by atoms with Crippen LogP contribution in [-0.2, 0) is 4.79 Å². The highest BCUT2D eigenvalue weighted by Gasteiger charge is 2.38. The molecule has 158 valence electrons. The van der Waals surface area contributed by atoms with Gasteiger partial charge in [0.1, 0.15) is 11.3 Å². The molecule has 1 aromatic heterocycles. The molecule has 3 heterocycles. The molecule has 2 aliphatic rings. The minimum atomic E-state index is -0.242. The molecule has 4 rings (SSSR count). The summed E-state index contributed by atoms with van der Waals surface area (Å²) >= 11 is 0. The molecule has 0 aliphatic carbocycles. The predicted molar refractivity (Wildman–Crippen MR) is 108 cm³/mol. The van der Waals surface area contributed by atoms with Gasteiger partial charge in [0.05, 0.1) is 5.69 Å². The first kappa shape index (κ1) is 20.1. The van der Waals surface area contributed by atoms with Gasteiger partial charge in [-0.15, -0.1) is 0 Å². The second-order valence-electron chi connectivity index (χ2n) is 7.87. The Kier molecular flexibility index (Phi) is 5.57. The summed E-state index contributed by atoms with van der Waals surface area (Å²) in [6, 6.07) is 9.19. The van der Waals surface area contributed by atoms with Gasteiger partial charge in [-0.3, -0.25) is 19.4 Å². The van der Waals surface area contributed by atoms with E-state index in [0.717, 1.165) is 6.42 Å². The SMILES string of the molecule is Cc1noc(C)c1C(=O)N1CCCN1C(=O)C1CCN(C(=O)c2ccccc2)CC1. The fraction of sp³-hybridized carbons (Fsp3) is 0.455. The van der Waals surface area contributed by atoms with Crippen molar-refractivity contribution in [1.29, 1.82) is 0 Å². The normalized spacial score (nSPS) is 17.5. The predicted octanol–water partition coefficient (Wildman–Crippen LogP) is 2.43. The van der Waals surface area contributed by atoms with Crippen LogP contribution < -0.4 is 0 Å². The summed E-state index contributed by atoms with van der Waals surface area (Å²) in [6.07, 6.45) is 1.94. The largest absolute Gasteiger partial charge is 0.361 e. The number of hydrogen-bond donors (Lipinski definition) is 0. The van der Waals surface area contributed by atoms with Gasteiger partial charge >= 0.3 is 0 Å². The van der Waals surface area contributed by atoms with Crippen LogP contribution in [0.15, 0.2) is 34.9 Å². The van der Waals surface area contributed by atoms with Gasteiger partial charge < -0.3 is 9.42 Å². The van der Waals surface area contributed by atoms with Crippen molar-refractivity contribution in [2.75, 3.05) is 26.2 Å².